The molecule has 0 saturated heterocycles. The molecule has 0 heterocycles. The SMILES string of the molecule is C[C@]12CC[C@@H]3[C@@H](CCC4=CC(=O)C=C[C@@]43C)[C@H]1CC[C@@H]2OCc1ccccc1. The summed E-state index contributed by atoms with van der Waals surface area (Å²) in [4.78, 5) is 11.9. The number of allylic oxidation sites excluding steroid dienone is 4. The molecule has 28 heavy (non-hydrogen) atoms. The molecule has 2 nitrogen and oxygen atoms in total. The zero-order chi connectivity index (χ0) is 19.4. The van der Waals surface area contributed by atoms with Gasteiger partial charge in [0.05, 0.1) is 12.7 Å². The molecule has 5 rings (SSSR count). The van der Waals surface area contributed by atoms with Gasteiger partial charge < -0.3 is 4.74 Å². The minimum Gasteiger partial charge on any atom is -0.373 e. The predicted octanol–water partition coefficient (Wildman–Crippen LogP) is 5.88. The summed E-state index contributed by atoms with van der Waals surface area (Å²) in [6, 6.07) is 10.6. The number of benzene rings is 1. The van der Waals surface area contributed by atoms with Crippen LogP contribution < -0.4 is 0 Å². The first kappa shape index (κ1) is 18.4. The second kappa shape index (κ2) is 6.69. The van der Waals surface area contributed by atoms with Crippen molar-refractivity contribution in [3.8, 4) is 0 Å². The summed E-state index contributed by atoms with van der Waals surface area (Å²) < 4.78 is 6.52. The lowest BCUT2D eigenvalue weighted by Crippen LogP contribution is -2.50. The monoisotopic (exact) mass is 376 g/mol. The van der Waals surface area contributed by atoms with Gasteiger partial charge in [-0.05, 0) is 79.4 Å². The van der Waals surface area contributed by atoms with Crippen LogP contribution in [0.1, 0.15) is 57.9 Å². The lowest BCUT2D eigenvalue weighted by molar-refractivity contribution is -0.111. The maximum absolute atomic E-state index is 11.9. The van der Waals surface area contributed by atoms with Crippen LogP contribution >= 0.6 is 0 Å². The van der Waals surface area contributed by atoms with Gasteiger partial charge in [-0.2, -0.15) is 0 Å². The normalized spacial score (nSPS) is 41.8. The summed E-state index contributed by atoms with van der Waals surface area (Å²) in [5, 5.41) is 0. The molecule has 3 saturated carbocycles. The molecular weight excluding hydrogens is 344 g/mol. The average molecular weight is 377 g/mol. The molecule has 0 amide bonds. The van der Waals surface area contributed by atoms with E-state index in [1.807, 2.05) is 12.2 Å². The zero-order valence-electron chi connectivity index (χ0n) is 17.2. The molecule has 4 aliphatic rings. The first-order valence-corrected chi connectivity index (χ1v) is 11.1. The van der Waals surface area contributed by atoms with E-state index in [1.54, 1.807) is 0 Å². The minimum absolute atomic E-state index is 0.0984. The first-order valence-electron chi connectivity index (χ1n) is 11.1. The Morgan fingerprint density at radius 1 is 1.04 bits per heavy atom. The van der Waals surface area contributed by atoms with Crippen LogP contribution in [0.25, 0.3) is 0 Å². The Morgan fingerprint density at radius 3 is 2.68 bits per heavy atom. The molecule has 0 aromatic heterocycles. The summed E-state index contributed by atoms with van der Waals surface area (Å²) in [7, 11) is 0. The molecule has 0 radical (unpaired) electrons. The van der Waals surface area contributed by atoms with Crippen LogP contribution in [0.4, 0.5) is 0 Å². The quantitative estimate of drug-likeness (QED) is 0.658. The van der Waals surface area contributed by atoms with Crippen molar-refractivity contribution in [3.05, 3.63) is 59.7 Å². The van der Waals surface area contributed by atoms with E-state index in [1.165, 1.54) is 43.2 Å². The maximum Gasteiger partial charge on any atom is 0.178 e. The number of ketones is 1. The fraction of sp³-hybridized carbons (Fsp3) is 0.577. The predicted molar refractivity (Wildman–Crippen MR) is 112 cm³/mol. The topological polar surface area (TPSA) is 26.3 Å². The van der Waals surface area contributed by atoms with E-state index in [0.717, 1.165) is 24.9 Å². The van der Waals surface area contributed by atoms with Crippen molar-refractivity contribution in [3.63, 3.8) is 0 Å². The second-order valence-corrected chi connectivity index (χ2v) is 10.0. The number of carbonyl (C=O) groups is 1. The second-order valence-electron chi connectivity index (χ2n) is 10.0. The highest BCUT2D eigenvalue weighted by molar-refractivity contribution is 6.01. The van der Waals surface area contributed by atoms with Crippen molar-refractivity contribution in [1.82, 2.24) is 0 Å². The molecule has 0 bridgehead atoms. The molecule has 148 valence electrons. The molecule has 0 unspecified atom stereocenters. The number of hydrogen-bond acceptors (Lipinski definition) is 2. The Morgan fingerprint density at radius 2 is 1.86 bits per heavy atom. The third-order valence-electron chi connectivity index (χ3n) is 8.76. The minimum atomic E-state index is 0.0984. The van der Waals surface area contributed by atoms with E-state index in [2.05, 4.69) is 50.3 Å². The first-order chi connectivity index (χ1) is 13.5. The van der Waals surface area contributed by atoms with Crippen LogP contribution in [0.2, 0.25) is 0 Å². The van der Waals surface area contributed by atoms with Crippen LogP contribution in [0.5, 0.6) is 0 Å². The third-order valence-corrected chi connectivity index (χ3v) is 8.76. The molecular formula is C26H32O2. The van der Waals surface area contributed by atoms with E-state index in [-0.39, 0.29) is 11.2 Å². The van der Waals surface area contributed by atoms with Gasteiger partial charge in [0.1, 0.15) is 0 Å². The van der Waals surface area contributed by atoms with Gasteiger partial charge in [0, 0.05) is 5.41 Å². The van der Waals surface area contributed by atoms with Gasteiger partial charge in [-0.1, -0.05) is 55.8 Å². The van der Waals surface area contributed by atoms with Crippen molar-refractivity contribution in [2.45, 2.75) is 65.1 Å². The van der Waals surface area contributed by atoms with Crippen LogP contribution in [0, 0.1) is 28.6 Å². The maximum atomic E-state index is 11.9. The third kappa shape index (κ3) is 2.76. The molecule has 1 aromatic rings. The van der Waals surface area contributed by atoms with Crippen LogP contribution in [0.15, 0.2) is 54.1 Å². The molecule has 0 spiro atoms. The van der Waals surface area contributed by atoms with Gasteiger partial charge in [0.15, 0.2) is 5.78 Å². The summed E-state index contributed by atoms with van der Waals surface area (Å²) in [5.74, 6) is 2.39. The van der Waals surface area contributed by atoms with Gasteiger partial charge >= 0.3 is 0 Å². The number of rotatable bonds is 3. The lowest BCUT2D eigenvalue weighted by Gasteiger charge is -2.56. The molecule has 6 atom stereocenters. The van der Waals surface area contributed by atoms with E-state index >= 15 is 0 Å². The Labute approximate surface area is 169 Å². The molecule has 1 aromatic carbocycles. The number of fused-ring (bicyclic) bond motifs is 5. The molecule has 3 fully saturated rings. The summed E-state index contributed by atoms with van der Waals surface area (Å²) >= 11 is 0. The summed E-state index contributed by atoms with van der Waals surface area (Å²) in [5.41, 5.74) is 3.07. The fourth-order valence-corrected chi connectivity index (χ4v) is 7.19. The fourth-order valence-electron chi connectivity index (χ4n) is 7.19. The number of carbonyl (C=O) groups excluding carboxylic acids is 1. The highest BCUT2D eigenvalue weighted by Gasteiger charge is 2.58. The Hall–Kier alpha value is -1.67. The van der Waals surface area contributed by atoms with Gasteiger partial charge in [-0.25, -0.2) is 0 Å². The van der Waals surface area contributed by atoms with E-state index in [0.29, 0.717) is 17.4 Å². The standard InChI is InChI=1S/C26H32O2/c1-25-14-12-20(27)16-19(25)8-9-21-22-10-11-24(26(22,2)15-13-23(21)25)28-17-18-6-4-3-5-7-18/h3-7,12,14,16,21-24H,8-11,13,15,17H2,1-2H3/t21-,22+,23+,24-,25-,26-/m0/s1. The van der Waals surface area contributed by atoms with Gasteiger partial charge in [-0.15, -0.1) is 0 Å². The Balaban J connectivity index is 1.35. The Kier molecular flexibility index (Phi) is 4.39. The molecule has 0 aliphatic heterocycles. The van der Waals surface area contributed by atoms with Crippen LogP contribution in [-0.4, -0.2) is 11.9 Å². The number of ether oxygens (including phenoxy) is 1. The zero-order valence-corrected chi connectivity index (χ0v) is 17.2. The van der Waals surface area contributed by atoms with Gasteiger partial charge in [-0.3, -0.25) is 4.79 Å². The highest BCUT2D eigenvalue weighted by atomic mass is 16.5. The smallest absolute Gasteiger partial charge is 0.178 e. The van der Waals surface area contributed by atoms with Gasteiger partial charge in [0.25, 0.3) is 0 Å². The molecule has 4 aliphatic carbocycles. The highest BCUT2D eigenvalue weighted by Crippen LogP contribution is 2.64. The van der Waals surface area contributed by atoms with Crippen molar-refractivity contribution >= 4 is 5.78 Å². The lowest BCUT2D eigenvalue weighted by atomic mass is 9.48. The van der Waals surface area contributed by atoms with Crippen molar-refractivity contribution < 1.29 is 9.53 Å². The average Bonchev–Trinajstić information content (AvgIpc) is 3.04. The van der Waals surface area contributed by atoms with Crippen molar-refractivity contribution in [2.24, 2.45) is 28.6 Å². The van der Waals surface area contributed by atoms with Crippen molar-refractivity contribution in [1.29, 1.82) is 0 Å². The summed E-state index contributed by atoms with van der Waals surface area (Å²) in [6.45, 7) is 5.63. The van der Waals surface area contributed by atoms with E-state index < -0.39 is 0 Å². The summed E-state index contributed by atoms with van der Waals surface area (Å²) in [6.07, 6.45) is 13.7. The molecule has 0 N–H and O–H groups in total. The van der Waals surface area contributed by atoms with Crippen LogP contribution in [-0.2, 0) is 16.1 Å². The van der Waals surface area contributed by atoms with Gasteiger partial charge in [0.2, 0.25) is 0 Å². The van der Waals surface area contributed by atoms with E-state index in [9.17, 15) is 4.79 Å². The molecule has 2 heteroatoms. The number of hydrogen-bond donors (Lipinski definition) is 0. The van der Waals surface area contributed by atoms with E-state index in [4.69, 9.17) is 4.74 Å². The van der Waals surface area contributed by atoms with Crippen molar-refractivity contribution in [2.75, 3.05) is 0 Å². The largest absolute Gasteiger partial charge is 0.373 e. The van der Waals surface area contributed by atoms with Crippen LogP contribution in [0.3, 0.4) is 0 Å². The Bertz CT molecular complexity index is 822.